The Hall–Kier alpha value is -0.820. The van der Waals surface area contributed by atoms with Crippen molar-refractivity contribution in [2.24, 2.45) is 0 Å². The largest absolute Gasteiger partial charge is 0.140 e. The Labute approximate surface area is 101 Å². The maximum Gasteiger partial charge on any atom is 0.0348 e. The van der Waals surface area contributed by atoms with Crippen LogP contribution in [0.3, 0.4) is 0 Å². The van der Waals surface area contributed by atoms with Gasteiger partial charge in [0, 0.05) is 9.58 Å². The van der Waals surface area contributed by atoms with Gasteiger partial charge in [0.25, 0.3) is 0 Å². The van der Waals surface area contributed by atoms with Crippen LogP contribution in [-0.4, -0.2) is 0 Å². The molecule has 3 rings (SSSR count). The average molecular weight is 230 g/mol. The normalized spacial score (nSPS) is 16.8. The molecule has 0 nitrogen and oxygen atoms in total. The zero-order chi connectivity index (χ0) is 11.0. The third kappa shape index (κ3) is 1.78. The van der Waals surface area contributed by atoms with Crippen molar-refractivity contribution in [1.82, 2.24) is 0 Å². The lowest BCUT2D eigenvalue weighted by atomic mass is 9.97. The van der Waals surface area contributed by atoms with Crippen molar-refractivity contribution in [3.8, 4) is 0 Å². The molecule has 0 amide bonds. The van der Waals surface area contributed by atoms with Crippen LogP contribution in [-0.2, 0) is 12.8 Å². The first kappa shape index (κ1) is 10.3. The predicted molar refractivity (Wildman–Crippen MR) is 72.4 cm³/mol. The molecule has 1 aliphatic rings. The summed E-state index contributed by atoms with van der Waals surface area (Å²) in [6.07, 6.45) is 8.23. The Bertz CT molecular complexity index is 507. The molecule has 1 heteroatoms. The van der Waals surface area contributed by atoms with Gasteiger partial charge in [-0.05, 0) is 49.6 Å². The molecule has 0 spiro atoms. The molecule has 1 aliphatic carbocycles. The Kier molecular flexibility index (Phi) is 2.72. The number of aryl methyl sites for hydroxylation is 3. The zero-order valence-electron chi connectivity index (χ0n) is 9.88. The van der Waals surface area contributed by atoms with E-state index in [0.29, 0.717) is 0 Å². The highest BCUT2D eigenvalue weighted by Gasteiger charge is 2.13. The van der Waals surface area contributed by atoms with Gasteiger partial charge in [-0.25, -0.2) is 0 Å². The van der Waals surface area contributed by atoms with E-state index in [4.69, 9.17) is 0 Å². The van der Waals surface area contributed by atoms with Gasteiger partial charge in [-0.1, -0.05) is 30.5 Å². The van der Waals surface area contributed by atoms with Gasteiger partial charge in [-0.15, -0.1) is 11.3 Å². The maximum absolute atomic E-state index is 2.38. The lowest BCUT2D eigenvalue weighted by Crippen LogP contribution is -1.95. The summed E-state index contributed by atoms with van der Waals surface area (Å²) in [6.45, 7) is 2.20. The summed E-state index contributed by atoms with van der Waals surface area (Å²) in [7, 11) is 0. The van der Waals surface area contributed by atoms with Crippen molar-refractivity contribution < 1.29 is 0 Å². The molecular weight excluding hydrogens is 212 g/mol. The van der Waals surface area contributed by atoms with Crippen molar-refractivity contribution in [2.45, 2.75) is 45.4 Å². The molecule has 0 atom stereocenters. The van der Waals surface area contributed by atoms with Gasteiger partial charge in [-0.3, -0.25) is 0 Å². The molecule has 1 heterocycles. The first-order valence-electron chi connectivity index (χ1n) is 6.35. The van der Waals surface area contributed by atoms with E-state index >= 15 is 0 Å². The number of fused-ring (bicyclic) bond motifs is 3. The van der Waals surface area contributed by atoms with Crippen LogP contribution in [0.2, 0.25) is 0 Å². The number of hydrogen-bond acceptors (Lipinski definition) is 1. The quantitative estimate of drug-likeness (QED) is 0.606. The van der Waals surface area contributed by atoms with Crippen LogP contribution < -0.4 is 0 Å². The highest BCUT2D eigenvalue weighted by molar-refractivity contribution is 7.19. The molecule has 0 N–H and O–H groups in total. The smallest absolute Gasteiger partial charge is 0.0348 e. The van der Waals surface area contributed by atoms with Crippen LogP contribution >= 0.6 is 11.3 Å². The average Bonchev–Trinajstić information content (AvgIpc) is 2.55. The van der Waals surface area contributed by atoms with Crippen LogP contribution in [0.4, 0.5) is 0 Å². The Morgan fingerprint density at radius 3 is 2.69 bits per heavy atom. The fraction of sp³-hybridized carbons (Fsp3) is 0.467. The molecule has 0 saturated heterocycles. The van der Waals surface area contributed by atoms with Gasteiger partial charge in [0.1, 0.15) is 0 Å². The van der Waals surface area contributed by atoms with E-state index in [-0.39, 0.29) is 0 Å². The Morgan fingerprint density at radius 1 is 1.00 bits per heavy atom. The molecule has 84 valence electrons. The van der Waals surface area contributed by atoms with E-state index < -0.39 is 0 Å². The zero-order valence-corrected chi connectivity index (χ0v) is 10.7. The summed E-state index contributed by atoms with van der Waals surface area (Å²) in [6, 6.07) is 6.93. The standard InChI is InChI=1S/C15H18S/c1-11-8-9-15-13(10-11)12-6-4-2-3-5-7-14(12)16-15/h8-10H,2-7H2,1H3. The molecule has 0 bridgehead atoms. The highest BCUT2D eigenvalue weighted by atomic mass is 32.1. The molecule has 1 aromatic carbocycles. The lowest BCUT2D eigenvalue weighted by molar-refractivity contribution is 0.624. The fourth-order valence-corrected chi connectivity index (χ4v) is 4.01. The summed E-state index contributed by atoms with van der Waals surface area (Å²) in [5.74, 6) is 0. The fourth-order valence-electron chi connectivity index (χ4n) is 2.73. The molecule has 0 fully saturated rings. The molecule has 2 aromatic rings. The van der Waals surface area contributed by atoms with Gasteiger partial charge in [0.2, 0.25) is 0 Å². The first-order chi connectivity index (χ1) is 7.84. The minimum Gasteiger partial charge on any atom is -0.140 e. The van der Waals surface area contributed by atoms with Gasteiger partial charge < -0.3 is 0 Å². The molecule has 1 aromatic heterocycles. The van der Waals surface area contributed by atoms with Crippen LogP contribution in [0.1, 0.15) is 41.7 Å². The van der Waals surface area contributed by atoms with Crippen LogP contribution in [0, 0.1) is 6.92 Å². The third-order valence-electron chi connectivity index (χ3n) is 3.61. The molecule has 0 aliphatic heterocycles. The summed E-state index contributed by atoms with van der Waals surface area (Å²) >= 11 is 2.03. The summed E-state index contributed by atoms with van der Waals surface area (Å²) < 4.78 is 1.50. The number of benzene rings is 1. The van der Waals surface area contributed by atoms with Gasteiger partial charge in [0.15, 0.2) is 0 Å². The predicted octanol–water partition coefficient (Wildman–Crippen LogP) is 4.87. The number of thiophene rings is 1. The van der Waals surface area contributed by atoms with Crippen molar-refractivity contribution in [3.05, 3.63) is 34.2 Å². The van der Waals surface area contributed by atoms with Crippen molar-refractivity contribution in [3.63, 3.8) is 0 Å². The summed E-state index contributed by atoms with van der Waals surface area (Å²) in [5.41, 5.74) is 3.07. The Balaban J connectivity index is 2.17. The van der Waals surface area contributed by atoms with E-state index in [9.17, 15) is 0 Å². The van der Waals surface area contributed by atoms with E-state index in [1.54, 1.807) is 15.8 Å². The maximum atomic E-state index is 2.38. The molecule has 0 saturated carbocycles. The topological polar surface area (TPSA) is 0 Å². The van der Waals surface area contributed by atoms with Crippen LogP contribution in [0.5, 0.6) is 0 Å². The van der Waals surface area contributed by atoms with Crippen LogP contribution in [0.25, 0.3) is 10.1 Å². The lowest BCUT2D eigenvalue weighted by Gasteiger charge is -2.09. The van der Waals surface area contributed by atoms with Crippen LogP contribution in [0.15, 0.2) is 18.2 Å². The first-order valence-corrected chi connectivity index (χ1v) is 7.17. The summed E-state index contributed by atoms with van der Waals surface area (Å²) in [5, 5.41) is 1.54. The SMILES string of the molecule is Cc1ccc2sc3c(c2c1)CCCCCC3. The van der Waals surface area contributed by atoms with E-state index in [0.717, 1.165) is 0 Å². The molecular formula is C15H18S. The minimum atomic E-state index is 1.30. The molecule has 0 radical (unpaired) electrons. The summed E-state index contributed by atoms with van der Waals surface area (Å²) in [4.78, 5) is 1.67. The molecule has 16 heavy (non-hydrogen) atoms. The number of rotatable bonds is 0. The second-order valence-corrected chi connectivity index (χ2v) is 6.05. The van der Waals surface area contributed by atoms with Crippen molar-refractivity contribution in [1.29, 1.82) is 0 Å². The number of hydrogen-bond donors (Lipinski definition) is 0. The van der Waals surface area contributed by atoms with E-state index in [1.807, 2.05) is 11.3 Å². The van der Waals surface area contributed by atoms with Gasteiger partial charge in [-0.2, -0.15) is 0 Å². The van der Waals surface area contributed by atoms with E-state index in [1.165, 1.54) is 48.8 Å². The van der Waals surface area contributed by atoms with E-state index in [2.05, 4.69) is 25.1 Å². The highest BCUT2D eigenvalue weighted by Crippen LogP contribution is 2.35. The Morgan fingerprint density at radius 2 is 1.81 bits per heavy atom. The monoisotopic (exact) mass is 230 g/mol. The third-order valence-corrected chi connectivity index (χ3v) is 4.88. The van der Waals surface area contributed by atoms with Crippen molar-refractivity contribution >= 4 is 21.4 Å². The minimum absolute atomic E-state index is 1.30. The van der Waals surface area contributed by atoms with Crippen molar-refractivity contribution in [2.75, 3.05) is 0 Å². The second kappa shape index (κ2) is 4.21. The van der Waals surface area contributed by atoms with Gasteiger partial charge >= 0.3 is 0 Å². The van der Waals surface area contributed by atoms with Gasteiger partial charge in [0.05, 0.1) is 0 Å². The molecule has 0 unspecified atom stereocenters. The second-order valence-electron chi connectivity index (χ2n) is 4.92.